The highest BCUT2D eigenvalue weighted by atomic mass is 35.5. The normalized spacial score (nSPS) is 16.2. The molecule has 0 saturated carbocycles. The van der Waals surface area contributed by atoms with Gasteiger partial charge in [-0.05, 0) is 24.3 Å². The van der Waals surface area contributed by atoms with Gasteiger partial charge in [-0.15, -0.1) is 0 Å². The first-order valence-electron chi connectivity index (χ1n) is 8.32. The van der Waals surface area contributed by atoms with Crippen LogP contribution in [0.3, 0.4) is 0 Å². The van der Waals surface area contributed by atoms with E-state index in [1.807, 2.05) is 0 Å². The van der Waals surface area contributed by atoms with Gasteiger partial charge >= 0.3 is 5.97 Å². The fourth-order valence-corrected chi connectivity index (χ4v) is 3.16. The summed E-state index contributed by atoms with van der Waals surface area (Å²) in [4.78, 5) is 37.5. The number of ether oxygens (including phenoxy) is 1. The Labute approximate surface area is 170 Å². The van der Waals surface area contributed by atoms with Crippen molar-refractivity contribution >= 4 is 52.4 Å². The molecule has 28 heavy (non-hydrogen) atoms. The van der Waals surface area contributed by atoms with E-state index in [0.717, 1.165) is 0 Å². The third kappa shape index (κ3) is 4.43. The maximum absolute atomic E-state index is 13.9. The average molecular weight is 425 g/mol. The maximum atomic E-state index is 13.9. The number of hydrogen-bond donors (Lipinski definition) is 1. The third-order valence-corrected chi connectivity index (χ3v) is 4.99. The second-order valence-electron chi connectivity index (χ2n) is 6.11. The molecule has 2 aromatic rings. The van der Waals surface area contributed by atoms with Crippen LogP contribution >= 0.6 is 23.2 Å². The number of halogens is 3. The van der Waals surface area contributed by atoms with Gasteiger partial charge in [0.2, 0.25) is 5.91 Å². The summed E-state index contributed by atoms with van der Waals surface area (Å²) in [5.41, 5.74) is 0.396. The molecule has 0 unspecified atom stereocenters. The van der Waals surface area contributed by atoms with Crippen LogP contribution in [-0.2, 0) is 19.1 Å². The molecule has 3 rings (SSSR count). The monoisotopic (exact) mass is 424 g/mol. The van der Waals surface area contributed by atoms with Gasteiger partial charge in [0, 0.05) is 13.0 Å². The maximum Gasteiger partial charge on any atom is 0.311 e. The van der Waals surface area contributed by atoms with Gasteiger partial charge in [-0.1, -0.05) is 41.4 Å². The predicted octanol–water partition coefficient (Wildman–Crippen LogP) is 3.67. The van der Waals surface area contributed by atoms with E-state index in [1.165, 1.54) is 23.1 Å². The van der Waals surface area contributed by atoms with Crippen molar-refractivity contribution in [3.63, 3.8) is 0 Å². The third-order valence-electron chi connectivity index (χ3n) is 4.17. The highest BCUT2D eigenvalue weighted by Crippen LogP contribution is 2.30. The number of anilines is 2. The van der Waals surface area contributed by atoms with Crippen molar-refractivity contribution in [2.75, 3.05) is 23.4 Å². The lowest BCUT2D eigenvalue weighted by molar-refractivity contribution is -0.151. The fraction of sp³-hybridized carbons (Fsp3) is 0.211. The van der Waals surface area contributed by atoms with E-state index in [9.17, 15) is 18.8 Å². The number of benzene rings is 2. The van der Waals surface area contributed by atoms with E-state index < -0.39 is 30.2 Å². The Morgan fingerprint density at radius 1 is 1.18 bits per heavy atom. The number of hydrogen-bond acceptors (Lipinski definition) is 4. The van der Waals surface area contributed by atoms with Gasteiger partial charge in [0.1, 0.15) is 5.82 Å². The molecule has 0 aromatic heterocycles. The number of nitrogens with zero attached hydrogens (tertiary/aromatic N) is 1. The molecule has 1 N–H and O–H groups in total. The molecule has 146 valence electrons. The zero-order valence-electron chi connectivity index (χ0n) is 14.5. The molecule has 1 saturated heterocycles. The minimum Gasteiger partial charge on any atom is -0.455 e. The van der Waals surface area contributed by atoms with Gasteiger partial charge in [0.15, 0.2) is 6.61 Å². The summed E-state index contributed by atoms with van der Waals surface area (Å²) in [5.74, 6) is -3.04. The van der Waals surface area contributed by atoms with E-state index in [1.54, 1.807) is 24.3 Å². The van der Waals surface area contributed by atoms with Gasteiger partial charge in [0.25, 0.3) is 5.91 Å². The molecule has 0 aliphatic carbocycles. The van der Waals surface area contributed by atoms with Crippen LogP contribution in [0, 0.1) is 11.7 Å². The van der Waals surface area contributed by atoms with Crippen LogP contribution in [0.5, 0.6) is 0 Å². The summed E-state index contributed by atoms with van der Waals surface area (Å²) in [6.45, 7) is -0.563. The molecule has 1 aliphatic heterocycles. The molecule has 2 amide bonds. The zero-order valence-corrected chi connectivity index (χ0v) is 16.0. The first-order valence-corrected chi connectivity index (χ1v) is 9.08. The Kier molecular flexibility index (Phi) is 6.16. The number of esters is 1. The number of rotatable bonds is 5. The summed E-state index contributed by atoms with van der Waals surface area (Å²) >= 11 is 11.8. The summed E-state index contributed by atoms with van der Waals surface area (Å²) in [5, 5.41) is 2.93. The summed E-state index contributed by atoms with van der Waals surface area (Å²) in [6.07, 6.45) is -0.116. The summed E-state index contributed by atoms with van der Waals surface area (Å²) in [7, 11) is 0. The number of carbonyl (C=O) groups is 3. The molecule has 0 radical (unpaired) electrons. The van der Waals surface area contributed by atoms with Crippen LogP contribution in [0.2, 0.25) is 10.0 Å². The minimum absolute atomic E-state index is 0.0136. The molecule has 1 fully saturated rings. The lowest BCUT2D eigenvalue weighted by Crippen LogP contribution is -2.28. The van der Waals surface area contributed by atoms with Crippen molar-refractivity contribution < 1.29 is 23.5 Å². The van der Waals surface area contributed by atoms with Crippen LogP contribution in [0.1, 0.15) is 6.42 Å². The molecular formula is C19H15Cl2FN2O4. The number of carbonyl (C=O) groups excluding carboxylic acids is 3. The molecule has 9 heteroatoms. The van der Waals surface area contributed by atoms with Crippen LogP contribution in [0.25, 0.3) is 0 Å². The Balaban J connectivity index is 1.55. The SMILES string of the molecule is O=C(COC(=O)[C@@H]1CC(=O)N(c2ccccc2F)C1)Nc1cccc(Cl)c1Cl. The van der Waals surface area contributed by atoms with Crippen molar-refractivity contribution in [1.29, 1.82) is 0 Å². The van der Waals surface area contributed by atoms with Crippen LogP contribution in [-0.4, -0.2) is 30.9 Å². The lowest BCUT2D eigenvalue weighted by Gasteiger charge is -2.17. The molecule has 1 aliphatic rings. The van der Waals surface area contributed by atoms with Gasteiger partial charge in [-0.25, -0.2) is 4.39 Å². The average Bonchev–Trinajstić information content (AvgIpc) is 3.05. The van der Waals surface area contributed by atoms with E-state index in [4.69, 9.17) is 27.9 Å². The van der Waals surface area contributed by atoms with E-state index in [0.29, 0.717) is 0 Å². The van der Waals surface area contributed by atoms with Crippen molar-refractivity contribution in [2.24, 2.45) is 5.92 Å². The topological polar surface area (TPSA) is 75.7 Å². The largest absolute Gasteiger partial charge is 0.455 e. The van der Waals surface area contributed by atoms with Crippen molar-refractivity contribution in [1.82, 2.24) is 0 Å². The Bertz CT molecular complexity index is 938. The lowest BCUT2D eigenvalue weighted by atomic mass is 10.1. The number of amides is 2. The quantitative estimate of drug-likeness (QED) is 0.742. The fourth-order valence-electron chi connectivity index (χ4n) is 2.81. The van der Waals surface area contributed by atoms with E-state index >= 15 is 0 Å². The van der Waals surface area contributed by atoms with Crippen LogP contribution in [0.4, 0.5) is 15.8 Å². The van der Waals surface area contributed by atoms with E-state index in [-0.39, 0.29) is 40.3 Å². The highest BCUT2D eigenvalue weighted by molar-refractivity contribution is 6.44. The molecule has 1 atom stereocenters. The Hall–Kier alpha value is -2.64. The predicted molar refractivity (Wildman–Crippen MR) is 103 cm³/mol. The Morgan fingerprint density at radius 3 is 2.68 bits per heavy atom. The first kappa shape index (κ1) is 20.1. The van der Waals surface area contributed by atoms with Crippen LogP contribution in [0.15, 0.2) is 42.5 Å². The van der Waals surface area contributed by atoms with Gasteiger partial charge in [-0.3, -0.25) is 14.4 Å². The van der Waals surface area contributed by atoms with Crippen molar-refractivity contribution in [2.45, 2.75) is 6.42 Å². The van der Waals surface area contributed by atoms with Crippen molar-refractivity contribution in [3.8, 4) is 0 Å². The van der Waals surface area contributed by atoms with Crippen LogP contribution < -0.4 is 10.2 Å². The summed E-state index contributed by atoms with van der Waals surface area (Å²) < 4.78 is 18.9. The summed E-state index contributed by atoms with van der Waals surface area (Å²) in [6, 6.07) is 10.5. The van der Waals surface area contributed by atoms with E-state index in [2.05, 4.69) is 5.32 Å². The molecule has 2 aromatic carbocycles. The zero-order chi connectivity index (χ0) is 20.3. The standard InChI is InChI=1S/C19H15Cl2FN2O4/c20-12-4-3-6-14(18(12)21)23-16(25)10-28-19(27)11-8-17(26)24(9-11)15-7-2-1-5-13(15)22/h1-7,11H,8-10H2,(H,23,25)/t11-/m1/s1. The first-order chi connectivity index (χ1) is 13.4. The molecule has 1 heterocycles. The molecular weight excluding hydrogens is 410 g/mol. The Morgan fingerprint density at radius 2 is 1.93 bits per heavy atom. The van der Waals surface area contributed by atoms with Gasteiger partial charge in [-0.2, -0.15) is 0 Å². The smallest absolute Gasteiger partial charge is 0.311 e. The van der Waals surface area contributed by atoms with Gasteiger partial charge in [0.05, 0.1) is 27.3 Å². The van der Waals surface area contributed by atoms with Gasteiger partial charge < -0.3 is 15.0 Å². The number of nitrogens with one attached hydrogen (secondary N) is 1. The second-order valence-corrected chi connectivity index (χ2v) is 6.90. The molecule has 0 bridgehead atoms. The number of para-hydroxylation sites is 1. The molecule has 0 spiro atoms. The second kappa shape index (κ2) is 8.58. The minimum atomic E-state index is -0.783. The highest BCUT2D eigenvalue weighted by Gasteiger charge is 2.37. The molecule has 6 nitrogen and oxygen atoms in total. The van der Waals surface area contributed by atoms with Crippen molar-refractivity contribution in [3.05, 3.63) is 58.3 Å².